The van der Waals surface area contributed by atoms with Crippen LogP contribution in [0.2, 0.25) is 0 Å². The van der Waals surface area contributed by atoms with E-state index in [4.69, 9.17) is 14.2 Å². The molecule has 2 aliphatic heterocycles. The molecule has 0 aromatic heterocycles. The van der Waals surface area contributed by atoms with Gasteiger partial charge in [-0.25, -0.2) is 0 Å². The van der Waals surface area contributed by atoms with Crippen LogP contribution < -0.4 is 9.47 Å². The number of carbonyl (C=O) groups is 1. The summed E-state index contributed by atoms with van der Waals surface area (Å²) in [4.78, 5) is 15.6. The molecule has 0 bridgehead atoms. The van der Waals surface area contributed by atoms with Crippen molar-refractivity contribution in [2.75, 3.05) is 53.6 Å². The fourth-order valence-electron chi connectivity index (χ4n) is 3.12. The van der Waals surface area contributed by atoms with E-state index in [1.165, 1.54) is 4.90 Å². The Morgan fingerprint density at radius 2 is 2.00 bits per heavy atom. The molecule has 0 unspecified atom stereocenters. The van der Waals surface area contributed by atoms with Crippen LogP contribution in [0.5, 0.6) is 11.5 Å². The number of amides is 1. The van der Waals surface area contributed by atoms with Crippen LogP contribution in [0.25, 0.3) is 0 Å². The van der Waals surface area contributed by atoms with Crippen LogP contribution in [0.1, 0.15) is 12.0 Å². The number of β-amino-alcohol motifs (C(OH)–C–C–N with tert-alkyl or cyclic N) is 1. The highest BCUT2D eigenvalue weighted by molar-refractivity contribution is 5.76. The fraction of sp³-hybridized carbons (Fsp3) is 0.611. The van der Waals surface area contributed by atoms with E-state index in [0.29, 0.717) is 39.5 Å². The summed E-state index contributed by atoms with van der Waals surface area (Å²) in [5, 5.41) is 10.9. The average molecular weight is 350 g/mol. The Hall–Kier alpha value is -1.83. The van der Waals surface area contributed by atoms with Gasteiger partial charge in [-0.2, -0.15) is 0 Å². The monoisotopic (exact) mass is 350 g/mol. The second-order valence-corrected chi connectivity index (χ2v) is 6.93. The molecule has 1 saturated heterocycles. The summed E-state index contributed by atoms with van der Waals surface area (Å²) in [5.41, 5.74) is -0.0986. The molecule has 2 aliphatic rings. The van der Waals surface area contributed by atoms with E-state index >= 15 is 0 Å². The Kier molecular flexibility index (Phi) is 5.46. The molecule has 7 heteroatoms. The second kappa shape index (κ2) is 7.59. The molecule has 2 heterocycles. The molecule has 7 nitrogen and oxygen atoms in total. The predicted octanol–water partition coefficient (Wildman–Crippen LogP) is 0.499. The van der Waals surface area contributed by atoms with Gasteiger partial charge in [0.2, 0.25) is 5.91 Å². The molecular formula is C18H26N2O5. The van der Waals surface area contributed by atoms with Crippen LogP contribution in [0, 0.1) is 0 Å². The van der Waals surface area contributed by atoms with Crippen molar-refractivity contribution in [1.29, 1.82) is 0 Å². The number of rotatable bonds is 4. The minimum absolute atomic E-state index is 0.0532. The number of benzene rings is 1. The Bertz CT molecular complexity index is 621. The molecule has 0 aliphatic carbocycles. The van der Waals surface area contributed by atoms with Gasteiger partial charge in [0.1, 0.15) is 18.8 Å². The molecule has 0 saturated carbocycles. The molecule has 1 amide bonds. The number of hydrogen-bond acceptors (Lipinski definition) is 6. The molecule has 0 spiro atoms. The van der Waals surface area contributed by atoms with Crippen molar-refractivity contribution in [2.45, 2.75) is 18.6 Å². The smallest absolute Gasteiger partial charge is 0.225 e. The Labute approximate surface area is 148 Å². The second-order valence-electron chi connectivity index (χ2n) is 6.93. The van der Waals surface area contributed by atoms with Gasteiger partial charge in [0, 0.05) is 33.7 Å². The first kappa shape index (κ1) is 18.0. The normalized spacial score (nSPS) is 23.8. The van der Waals surface area contributed by atoms with E-state index < -0.39 is 5.60 Å². The summed E-state index contributed by atoms with van der Waals surface area (Å²) in [6.07, 6.45) is 0.0532. The molecule has 1 N–H and O–H groups in total. The molecule has 138 valence electrons. The van der Waals surface area contributed by atoms with E-state index in [9.17, 15) is 9.90 Å². The van der Waals surface area contributed by atoms with Crippen LogP contribution in [-0.2, 0) is 16.1 Å². The third kappa shape index (κ3) is 4.62. The van der Waals surface area contributed by atoms with Gasteiger partial charge in [-0.05, 0) is 17.7 Å². The van der Waals surface area contributed by atoms with Gasteiger partial charge in [-0.3, -0.25) is 9.69 Å². The Morgan fingerprint density at radius 1 is 1.24 bits per heavy atom. The SMILES string of the molecule is CN(C)C(=O)C[C@]1(O)COCCN(Cc2ccc3c(c2)OCCO3)C1. The van der Waals surface area contributed by atoms with E-state index in [0.717, 1.165) is 17.1 Å². The van der Waals surface area contributed by atoms with Crippen LogP contribution >= 0.6 is 0 Å². The van der Waals surface area contributed by atoms with Crippen LogP contribution in [0.3, 0.4) is 0 Å². The summed E-state index contributed by atoms with van der Waals surface area (Å²) < 4.78 is 16.7. The van der Waals surface area contributed by atoms with Crippen molar-refractivity contribution in [3.05, 3.63) is 23.8 Å². The first-order chi connectivity index (χ1) is 12.0. The highest BCUT2D eigenvalue weighted by atomic mass is 16.6. The van der Waals surface area contributed by atoms with Crippen molar-refractivity contribution in [3.8, 4) is 11.5 Å². The third-order valence-electron chi connectivity index (χ3n) is 4.43. The molecule has 25 heavy (non-hydrogen) atoms. The first-order valence-corrected chi connectivity index (χ1v) is 8.56. The minimum Gasteiger partial charge on any atom is -0.486 e. The highest BCUT2D eigenvalue weighted by Gasteiger charge is 2.35. The molecular weight excluding hydrogens is 324 g/mol. The standard InChI is InChI=1S/C18H26N2O5/c1-19(2)17(21)10-18(22)12-20(5-6-23-13-18)11-14-3-4-15-16(9-14)25-8-7-24-15/h3-4,9,22H,5-8,10-13H2,1-2H3/t18-/m1/s1. The van der Waals surface area contributed by atoms with E-state index in [1.54, 1.807) is 14.1 Å². The zero-order valence-electron chi connectivity index (χ0n) is 14.9. The van der Waals surface area contributed by atoms with Crippen molar-refractivity contribution >= 4 is 5.91 Å². The van der Waals surface area contributed by atoms with Crippen LogP contribution in [0.4, 0.5) is 0 Å². The largest absolute Gasteiger partial charge is 0.486 e. The number of nitrogens with zero attached hydrogens (tertiary/aromatic N) is 2. The van der Waals surface area contributed by atoms with E-state index in [1.807, 2.05) is 18.2 Å². The summed E-state index contributed by atoms with van der Waals surface area (Å²) in [6.45, 7) is 3.57. The maximum atomic E-state index is 12.0. The minimum atomic E-state index is -1.17. The summed E-state index contributed by atoms with van der Waals surface area (Å²) in [7, 11) is 3.38. The number of aliphatic hydroxyl groups is 1. The van der Waals surface area contributed by atoms with Gasteiger partial charge >= 0.3 is 0 Å². The molecule has 1 atom stereocenters. The van der Waals surface area contributed by atoms with E-state index in [-0.39, 0.29) is 18.9 Å². The highest BCUT2D eigenvalue weighted by Crippen LogP contribution is 2.31. The lowest BCUT2D eigenvalue weighted by molar-refractivity contribution is -0.136. The molecule has 1 fully saturated rings. The number of hydrogen-bond donors (Lipinski definition) is 1. The quantitative estimate of drug-likeness (QED) is 0.853. The number of ether oxygens (including phenoxy) is 3. The first-order valence-electron chi connectivity index (χ1n) is 8.56. The average Bonchev–Trinajstić information content (AvgIpc) is 2.76. The summed E-state index contributed by atoms with van der Waals surface area (Å²) >= 11 is 0. The summed E-state index contributed by atoms with van der Waals surface area (Å²) in [6, 6.07) is 5.90. The lowest BCUT2D eigenvalue weighted by atomic mass is 9.99. The molecule has 0 radical (unpaired) electrons. The van der Waals surface area contributed by atoms with Gasteiger partial charge in [0.05, 0.1) is 19.6 Å². The van der Waals surface area contributed by atoms with Gasteiger partial charge in [0.25, 0.3) is 0 Å². The Morgan fingerprint density at radius 3 is 2.76 bits per heavy atom. The zero-order valence-corrected chi connectivity index (χ0v) is 14.9. The van der Waals surface area contributed by atoms with Crippen LogP contribution in [-0.4, -0.2) is 80.0 Å². The zero-order chi connectivity index (χ0) is 17.9. The summed E-state index contributed by atoms with van der Waals surface area (Å²) in [5.74, 6) is 1.42. The van der Waals surface area contributed by atoms with E-state index in [2.05, 4.69) is 4.90 Å². The number of carbonyl (C=O) groups excluding carboxylic acids is 1. The maximum Gasteiger partial charge on any atom is 0.225 e. The van der Waals surface area contributed by atoms with Gasteiger partial charge in [-0.1, -0.05) is 6.07 Å². The van der Waals surface area contributed by atoms with Crippen molar-refractivity contribution in [3.63, 3.8) is 0 Å². The lowest BCUT2D eigenvalue weighted by Gasteiger charge is -2.31. The van der Waals surface area contributed by atoms with Crippen LogP contribution in [0.15, 0.2) is 18.2 Å². The maximum absolute atomic E-state index is 12.0. The van der Waals surface area contributed by atoms with Gasteiger partial charge in [-0.15, -0.1) is 0 Å². The predicted molar refractivity (Wildman–Crippen MR) is 91.8 cm³/mol. The number of fused-ring (bicyclic) bond motifs is 1. The third-order valence-corrected chi connectivity index (χ3v) is 4.43. The molecule has 1 aromatic rings. The van der Waals surface area contributed by atoms with Crippen molar-refractivity contribution < 1.29 is 24.1 Å². The fourth-order valence-corrected chi connectivity index (χ4v) is 3.12. The van der Waals surface area contributed by atoms with Crippen molar-refractivity contribution in [2.24, 2.45) is 0 Å². The van der Waals surface area contributed by atoms with Crippen molar-refractivity contribution in [1.82, 2.24) is 9.80 Å². The lowest BCUT2D eigenvalue weighted by Crippen LogP contribution is -2.47. The molecule has 1 aromatic carbocycles. The van der Waals surface area contributed by atoms with Gasteiger partial charge < -0.3 is 24.2 Å². The van der Waals surface area contributed by atoms with Gasteiger partial charge in [0.15, 0.2) is 11.5 Å². The topological polar surface area (TPSA) is 71.5 Å². The molecule has 3 rings (SSSR count). The Balaban J connectivity index is 1.68.